The van der Waals surface area contributed by atoms with Crippen molar-refractivity contribution in [1.29, 1.82) is 0 Å². The van der Waals surface area contributed by atoms with Crippen LogP contribution in [0.15, 0.2) is 5.38 Å². The number of hydrogen-bond acceptors (Lipinski definition) is 4. The average Bonchev–Trinajstić information content (AvgIpc) is 2.73. The van der Waals surface area contributed by atoms with Crippen molar-refractivity contribution in [1.82, 2.24) is 9.88 Å². The third kappa shape index (κ3) is 2.41. The summed E-state index contributed by atoms with van der Waals surface area (Å²) in [7, 11) is 0. The lowest BCUT2D eigenvalue weighted by atomic mass is 9.99. The normalized spacial score (nSPS) is 26.1. The summed E-state index contributed by atoms with van der Waals surface area (Å²) in [6.45, 7) is 6.27. The molecule has 1 aliphatic heterocycles. The van der Waals surface area contributed by atoms with E-state index in [9.17, 15) is 4.79 Å². The Labute approximate surface area is 98.9 Å². The predicted octanol–water partition coefficient (Wildman–Crippen LogP) is 1.60. The summed E-state index contributed by atoms with van der Waals surface area (Å²) in [4.78, 5) is 17.6. The zero-order chi connectivity index (χ0) is 11.7. The third-order valence-corrected chi connectivity index (χ3v) is 3.98. The Bertz CT molecular complexity index is 391. The van der Waals surface area contributed by atoms with E-state index in [2.05, 4.69) is 9.88 Å². The molecule has 0 unspecified atom stereocenters. The molecule has 0 radical (unpaired) electrons. The summed E-state index contributed by atoms with van der Waals surface area (Å²) < 4.78 is 0. The fourth-order valence-corrected chi connectivity index (χ4v) is 3.00. The van der Waals surface area contributed by atoms with E-state index in [4.69, 9.17) is 5.11 Å². The molecule has 2 atom stereocenters. The molecule has 1 N–H and O–H groups in total. The van der Waals surface area contributed by atoms with Gasteiger partial charge in [-0.25, -0.2) is 4.98 Å². The number of rotatable bonds is 3. The van der Waals surface area contributed by atoms with Crippen LogP contribution in [0.2, 0.25) is 0 Å². The summed E-state index contributed by atoms with van der Waals surface area (Å²) in [5.74, 6) is -0.662. The first-order valence-corrected chi connectivity index (χ1v) is 6.30. The summed E-state index contributed by atoms with van der Waals surface area (Å²) in [6.07, 6.45) is 0. The quantitative estimate of drug-likeness (QED) is 0.872. The van der Waals surface area contributed by atoms with Crippen molar-refractivity contribution in [3.8, 4) is 0 Å². The van der Waals surface area contributed by atoms with Gasteiger partial charge in [0.15, 0.2) is 0 Å². The molecule has 2 heterocycles. The molecule has 1 aliphatic rings. The van der Waals surface area contributed by atoms with Crippen molar-refractivity contribution in [2.45, 2.75) is 20.4 Å². The molecule has 5 heteroatoms. The minimum Gasteiger partial charge on any atom is -0.481 e. The lowest BCUT2D eigenvalue weighted by Gasteiger charge is -2.12. The molecule has 1 aromatic rings. The van der Waals surface area contributed by atoms with Crippen LogP contribution in [0.1, 0.15) is 17.6 Å². The van der Waals surface area contributed by atoms with Crippen molar-refractivity contribution in [3.05, 3.63) is 16.1 Å². The second kappa shape index (κ2) is 4.51. The second-order valence-electron chi connectivity index (χ2n) is 4.50. The van der Waals surface area contributed by atoms with Gasteiger partial charge in [0.2, 0.25) is 0 Å². The SMILES string of the molecule is Cc1csc(CN2C[C@@H](C)[C@H](C(=O)O)C2)n1. The topological polar surface area (TPSA) is 53.4 Å². The lowest BCUT2D eigenvalue weighted by molar-refractivity contribution is -0.142. The Morgan fingerprint density at radius 2 is 2.44 bits per heavy atom. The molecule has 0 amide bonds. The molecule has 0 aliphatic carbocycles. The van der Waals surface area contributed by atoms with Gasteiger partial charge in [0.1, 0.15) is 5.01 Å². The van der Waals surface area contributed by atoms with E-state index in [1.807, 2.05) is 19.2 Å². The predicted molar refractivity (Wildman–Crippen MR) is 62.4 cm³/mol. The molecule has 16 heavy (non-hydrogen) atoms. The third-order valence-electron chi connectivity index (χ3n) is 3.03. The van der Waals surface area contributed by atoms with Crippen LogP contribution in [0.4, 0.5) is 0 Å². The van der Waals surface area contributed by atoms with Gasteiger partial charge in [-0.05, 0) is 12.8 Å². The zero-order valence-corrected chi connectivity index (χ0v) is 10.3. The van der Waals surface area contributed by atoms with Crippen LogP contribution < -0.4 is 0 Å². The van der Waals surface area contributed by atoms with Crippen LogP contribution >= 0.6 is 11.3 Å². The molecular weight excluding hydrogens is 224 g/mol. The Balaban J connectivity index is 1.96. The van der Waals surface area contributed by atoms with Crippen molar-refractivity contribution in [3.63, 3.8) is 0 Å². The van der Waals surface area contributed by atoms with Gasteiger partial charge < -0.3 is 5.11 Å². The highest BCUT2D eigenvalue weighted by Gasteiger charge is 2.34. The van der Waals surface area contributed by atoms with Gasteiger partial charge in [0.05, 0.1) is 12.5 Å². The molecule has 0 saturated carbocycles. The first kappa shape index (κ1) is 11.5. The molecule has 0 spiro atoms. The van der Waals surface area contributed by atoms with Crippen LogP contribution in [0.5, 0.6) is 0 Å². The molecule has 1 fully saturated rings. The zero-order valence-electron chi connectivity index (χ0n) is 9.51. The van der Waals surface area contributed by atoms with E-state index >= 15 is 0 Å². The van der Waals surface area contributed by atoms with Crippen molar-refractivity contribution >= 4 is 17.3 Å². The minimum absolute atomic E-state index is 0.221. The van der Waals surface area contributed by atoms with E-state index < -0.39 is 5.97 Å². The highest BCUT2D eigenvalue weighted by molar-refractivity contribution is 7.09. The van der Waals surface area contributed by atoms with Crippen molar-refractivity contribution < 1.29 is 9.90 Å². The number of likely N-dealkylation sites (tertiary alicyclic amines) is 1. The van der Waals surface area contributed by atoms with Gasteiger partial charge in [-0.2, -0.15) is 0 Å². The van der Waals surface area contributed by atoms with E-state index in [0.717, 1.165) is 23.8 Å². The monoisotopic (exact) mass is 240 g/mol. The Morgan fingerprint density at radius 1 is 1.69 bits per heavy atom. The molecule has 0 aromatic carbocycles. The smallest absolute Gasteiger partial charge is 0.308 e. The Kier molecular flexibility index (Phi) is 3.25. The number of hydrogen-bond donors (Lipinski definition) is 1. The number of aromatic nitrogens is 1. The van der Waals surface area contributed by atoms with Gasteiger partial charge >= 0.3 is 5.97 Å². The van der Waals surface area contributed by atoms with Crippen LogP contribution in [-0.2, 0) is 11.3 Å². The van der Waals surface area contributed by atoms with Gasteiger partial charge in [0, 0.05) is 24.2 Å². The van der Waals surface area contributed by atoms with E-state index in [0.29, 0.717) is 6.54 Å². The molecule has 88 valence electrons. The number of carboxylic acid groups (broad SMARTS) is 1. The molecular formula is C11H16N2O2S. The Hall–Kier alpha value is -0.940. The standard InChI is InChI=1S/C11H16N2O2S/c1-7-3-13(4-9(7)11(14)15)5-10-12-8(2)6-16-10/h6-7,9H,3-5H2,1-2H3,(H,14,15)/t7-,9-/m1/s1. The van der Waals surface area contributed by atoms with E-state index in [1.165, 1.54) is 0 Å². The minimum atomic E-state index is -0.676. The van der Waals surface area contributed by atoms with Crippen LogP contribution in [0.3, 0.4) is 0 Å². The maximum absolute atomic E-state index is 11.0. The highest BCUT2D eigenvalue weighted by Crippen LogP contribution is 2.25. The molecule has 0 bridgehead atoms. The number of thiazole rings is 1. The number of aliphatic carboxylic acids is 1. The maximum atomic E-state index is 11.0. The van der Waals surface area contributed by atoms with Gasteiger partial charge in [-0.1, -0.05) is 6.92 Å². The van der Waals surface area contributed by atoms with Crippen LogP contribution in [-0.4, -0.2) is 34.0 Å². The molecule has 2 rings (SSSR count). The lowest BCUT2D eigenvalue weighted by Crippen LogP contribution is -2.23. The summed E-state index contributed by atoms with van der Waals surface area (Å²) >= 11 is 1.65. The maximum Gasteiger partial charge on any atom is 0.308 e. The first-order chi connectivity index (χ1) is 7.56. The van der Waals surface area contributed by atoms with Crippen LogP contribution in [0.25, 0.3) is 0 Å². The van der Waals surface area contributed by atoms with Crippen LogP contribution in [0, 0.1) is 18.8 Å². The van der Waals surface area contributed by atoms with Gasteiger partial charge in [0.25, 0.3) is 0 Å². The molecule has 1 aromatic heterocycles. The first-order valence-electron chi connectivity index (χ1n) is 5.42. The number of carboxylic acids is 1. The largest absolute Gasteiger partial charge is 0.481 e. The highest BCUT2D eigenvalue weighted by atomic mass is 32.1. The van der Waals surface area contributed by atoms with Gasteiger partial charge in [-0.3, -0.25) is 9.69 Å². The van der Waals surface area contributed by atoms with Gasteiger partial charge in [-0.15, -0.1) is 11.3 Å². The summed E-state index contributed by atoms with van der Waals surface area (Å²) in [6, 6.07) is 0. The average molecular weight is 240 g/mol. The summed E-state index contributed by atoms with van der Waals surface area (Å²) in [5.41, 5.74) is 1.04. The number of carbonyl (C=O) groups is 1. The van der Waals surface area contributed by atoms with Crippen molar-refractivity contribution in [2.75, 3.05) is 13.1 Å². The fourth-order valence-electron chi connectivity index (χ4n) is 2.18. The Morgan fingerprint density at radius 3 is 2.94 bits per heavy atom. The number of nitrogens with zero attached hydrogens (tertiary/aromatic N) is 2. The van der Waals surface area contributed by atoms with E-state index in [-0.39, 0.29) is 11.8 Å². The van der Waals surface area contributed by atoms with E-state index in [1.54, 1.807) is 11.3 Å². The summed E-state index contributed by atoms with van der Waals surface area (Å²) in [5, 5.41) is 12.1. The number of aryl methyl sites for hydroxylation is 1. The van der Waals surface area contributed by atoms with Crippen molar-refractivity contribution in [2.24, 2.45) is 11.8 Å². The fraction of sp³-hybridized carbons (Fsp3) is 0.636. The second-order valence-corrected chi connectivity index (χ2v) is 5.44. The molecule has 4 nitrogen and oxygen atoms in total. The molecule has 1 saturated heterocycles.